The first-order valence-electron chi connectivity index (χ1n) is 45.5. The first-order valence-corrected chi connectivity index (χ1v) is 48.0. The van der Waals surface area contributed by atoms with Crippen LogP contribution in [-0.2, 0) is 80.4 Å². The van der Waals surface area contributed by atoms with Gasteiger partial charge in [-0.05, 0) is 159 Å². The van der Waals surface area contributed by atoms with Gasteiger partial charge in [-0.15, -0.1) is 0 Å². The van der Waals surface area contributed by atoms with E-state index < -0.39 is 232 Å². The Balaban J connectivity index is 0.000000148. The van der Waals surface area contributed by atoms with Crippen LogP contribution in [0.25, 0.3) is 0 Å². The van der Waals surface area contributed by atoms with Crippen molar-refractivity contribution >= 4 is 44.1 Å². The normalized spacial score (nSPS) is 42.4. The van der Waals surface area contributed by atoms with Crippen molar-refractivity contribution in [2.45, 2.75) is 338 Å². The number of aliphatic hydroxyl groups excluding tert-OH is 4. The van der Waals surface area contributed by atoms with E-state index in [-0.39, 0.29) is 44.6 Å². The number of rotatable bonds is 16. The second-order valence-corrected chi connectivity index (χ2v) is 45.7. The van der Waals surface area contributed by atoms with Crippen molar-refractivity contribution in [3.05, 3.63) is 166 Å². The molecule has 28 heteroatoms. The number of benzene rings is 3. The second kappa shape index (κ2) is 33.5. The molecule has 9 aliphatic carbocycles. The van der Waals surface area contributed by atoms with E-state index in [0.29, 0.717) is 66.4 Å². The van der Waals surface area contributed by atoms with Gasteiger partial charge in [-0.25, -0.2) is 14.4 Å². The minimum atomic E-state index is -2.19. The maximum Gasteiger partial charge on any atom is 0.338 e. The largest absolute Gasteiger partial charge is 0.455 e. The lowest BCUT2D eigenvalue weighted by atomic mass is 9.45. The molecule has 0 amide bonds. The van der Waals surface area contributed by atoms with Crippen molar-refractivity contribution < 1.29 is 131 Å². The van der Waals surface area contributed by atoms with E-state index in [0.717, 1.165) is 34.9 Å². The van der Waals surface area contributed by atoms with Gasteiger partial charge in [0.15, 0.2) is 37.7 Å². The molecular weight excluding hydrogens is 1650 g/mol. The van der Waals surface area contributed by atoms with E-state index in [1.165, 1.54) is 20.8 Å². The van der Waals surface area contributed by atoms with Gasteiger partial charge in [-0.1, -0.05) is 151 Å². The zero-order chi connectivity index (χ0) is 92.2. The summed E-state index contributed by atoms with van der Waals surface area (Å²) in [5, 5.41) is 85.4. The number of esters is 6. The van der Waals surface area contributed by atoms with Crippen molar-refractivity contribution in [1.29, 1.82) is 0 Å². The zero-order valence-electron chi connectivity index (χ0n) is 76.7. The average molecular weight is 1780 g/mol. The topological polar surface area (TPSA) is 373 Å². The molecule has 3 aromatic rings. The first-order chi connectivity index (χ1) is 59.7. The Kier molecular flexibility index (Phi) is 24.9. The Labute approximate surface area is 745 Å². The Morgan fingerprint density at radius 3 is 1.06 bits per heavy atom. The molecule has 29 atom stereocenters. The maximum absolute atomic E-state index is 14.2. The van der Waals surface area contributed by atoms with Gasteiger partial charge in [-0.3, -0.25) is 14.4 Å². The molecular formula is C99H132O27Si. The highest BCUT2D eigenvalue weighted by Gasteiger charge is 2.81. The minimum Gasteiger partial charge on any atom is -0.455 e. The minimum absolute atomic E-state index is 0.0134. The molecule has 6 saturated carbocycles. The van der Waals surface area contributed by atoms with Crippen LogP contribution in [0.1, 0.15) is 213 Å². The van der Waals surface area contributed by atoms with E-state index in [1.807, 2.05) is 47.6 Å². The van der Waals surface area contributed by atoms with Crippen LogP contribution in [0.5, 0.6) is 0 Å². The Bertz CT molecular complexity index is 4840. The van der Waals surface area contributed by atoms with Crippen LogP contribution in [0.15, 0.2) is 150 Å². The summed E-state index contributed by atoms with van der Waals surface area (Å²) in [5.41, 5.74) is -9.89. The maximum atomic E-state index is 14.2. The van der Waals surface area contributed by atoms with Crippen LogP contribution < -0.4 is 0 Å². The molecule has 14 aliphatic rings. The van der Waals surface area contributed by atoms with Gasteiger partial charge in [0, 0.05) is 72.5 Å². The molecule has 3 aromatic carbocycles. The van der Waals surface area contributed by atoms with Gasteiger partial charge >= 0.3 is 35.8 Å². The number of carbonyl (C=O) groups is 6. The molecule has 27 nitrogen and oxygen atoms in total. The van der Waals surface area contributed by atoms with Gasteiger partial charge in [0.25, 0.3) is 0 Å². The molecule has 17 rings (SSSR count). The van der Waals surface area contributed by atoms with Crippen LogP contribution in [0, 0.1) is 50.2 Å². The predicted octanol–water partition coefficient (Wildman–Crippen LogP) is 11.9. The first kappa shape index (κ1) is 94.4. The molecule has 7 N–H and O–H groups in total. The van der Waals surface area contributed by atoms with E-state index in [2.05, 4.69) is 47.8 Å². The van der Waals surface area contributed by atoms with Gasteiger partial charge in [0.1, 0.15) is 71.7 Å². The zero-order valence-corrected chi connectivity index (χ0v) is 77.7. The molecule has 694 valence electrons. The number of hydrogen-bond donors (Lipinski definition) is 7. The number of hydrogen-bond acceptors (Lipinski definition) is 27. The average Bonchev–Trinajstić information content (AvgIpc) is 1.66. The highest BCUT2D eigenvalue weighted by molar-refractivity contribution is 6.73. The highest BCUT2D eigenvalue weighted by atomic mass is 28.4. The Hall–Kier alpha value is -7.20. The molecule has 5 heterocycles. The van der Waals surface area contributed by atoms with Crippen LogP contribution in [-0.4, -0.2) is 237 Å². The SMILES string of the molecule is C=CC1O[C@@H]2C3=C(C)[C@@H](O)C[C@@](O)([C@@H](OC(=O)c4ccccc4)[C@H]4[C@@](C)(CC[C@H]5OC[C@]54OC(C)=O)[C@@H]2O1)C3(C)C.C=CC1O[C@@H]2C3=C(C)[C@@H](O[Si](CC)(CC)CC)C[C@@](O)([C@@H](OC(=O)c4ccccc4)[C@H]4[C@@](C)(CC[C@H]5OC[C@]54OC(C)=O)[C@@H]2O1)C3(C)C.CC(=O)O[C@@]12CO[C@@H]1CC[C@@]1(C)[C@H](O)[C@H](O)C3=C(C)[C@@H](O)C[C@@](O)([C@H](OC(=O)c4ccccc4)[C@@H]12)C3(C)C. The summed E-state index contributed by atoms with van der Waals surface area (Å²) in [6, 6.07) is 28.6. The van der Waals surface area contributed by atoms with Gasteiger partial charge in [0.2, 0.25) is 0 Å². The lowest BCUT2D eigenvalue weighted by Crippen LogP contribution is -2.80. The molecule has 0 spiro atoms. The van der Waals surface area contributed by atoms with Crippen molar-refractivity contribution in [3.8, 4) is 0 Å². The predicted molar refractivity (Wildman–Crippen MR) is 464 cm³/mol. The fourth-order valence-electron chi connectivity index (χ4n) is 26.6. The van der Waals surface area contributed by atoms with Crippen LogP contribution in [0.3, 0.4) is 0 Å². The van der Waals surface area contributed by atoms with E-state index >= 15 is 0 Å². The molecule has 5 saturated heterocycles. The van der Waals surface area contributed by atoms with Crippen molar-refractivity contribution in [3.63, 3.8) is 0 Å². The van der Waals surface area contributed by atoms with E-state index in [1.54, 1.807) is 125 Å². The van der Waals surface area contributed by atoms with Crippen LogP contribution in [0.4, 0.5) is 0 Å². The fraction of sp³-hybridized carbons (Fsp3) is 0.657. The summed E-state index contributed by atoms with van der Waals surface area (Å²) in [6.07, 6.45) is -7.87. The quantitative estimate of drug-likeness (QED) is 0.0303. The summed E-state index contributed by atoms with van der Waals surface area (Å²) >= 11 is 0. The third-order valence-corrected chi connectivity index (χ3v) is 38.5. The standard InChI is InChI=1S/C38H54O9Si.C32H40O9.C29H38O9/c1-10-28-43-30-29-23(5)26(47-48(11-2,12-3)13-4)21-38(41,35(29,7)8)33(45-34(40)25-17-15-14-16-18-25)31-36(9,32(30)44-28)20-19-27-37(31,22-42-27)46-24(6)39;1-7-22-38-24-23-17(2)20(34)15-32(36,29(23,4)5)27(40-28(35)19-11-9-8-10-12-19)25-30(6,26(24)39-22)14-13-21-31(25,16-37-21)41-18(3)33;1-15-18(31)13-29(35)24(37-25(34)17-9-7-6-8-10-17)22-27(5,23(33)21(32)20(15)26(29,3)4)12-11-19-28(22,14-36-19)38-16(2)30/h10,14-18,26-28,30-33,41H,1,11-13,19-22H2,2-9H3;7-12,20-22,24-27,34,36H,1,13-16H2,2-6H3;6-10,18-19,21-24,31-33,35H,11-14H2,1-5H3/t26-,27+,28?,30+,31-,32+,33-,36+,37-,38+;20-,21+,22?,24+,25-,26+,27-,30+,31-,32+;18-,19+,21+,22-,23+,24+,27+,28-,29+/m000/s1. The Morgan fingerprint density at radius 2 is 0.748 bits per heavy atom. The van der Waals surface area contributed by atoms with E-state index in [4.69, 9.17) is 66.0 Å². The number of fused-ring (bicyclic) bond motifs is 21. The van der Waals surface area contributed by atoms with Crippen molar-refractivity contribution in [1.82, 2.24) is 0 Å². The Morgan fingerprint density at radius 1 is 0.441 bits per heavy atom. The summed E-state index contributed by atoms with van der Waals surface area (Å²) < 4.78 is 89.6. The highest BCUT2D eigenvalue weighted by Crippen LogP contribution is 2.71. The molecule has 0 radical (unpaired) electrons. The summed E-state index contributed by atoms with van der Waals surface area (Å²) in [6.45, 7) is 41.5. The number of carbonyl (C=O) groups excluding carboxylic acids is 6. The summed E-state index contributed by atoms with van der Waals surface area (Å²) in [4.78, 5) is 79.6. The molecule has 6 bridgehead atoms. The van der Waals surface area contributed by atoms with Gasteiger partial charge < -0.3 is 102 Å². The molecule has 127 heavy (non-hydrogen) atoms. The molecule has 11 fully saturated rings. The third kappa shape index (κ3) is 14.4. The van der Waals surface area contributed by atoms with Crippen LogP contribution in [0.2, 0.25) is 18.1 Å². The van der Waals surface area contributed by atoms with Crippen molar-refractivity contribution in [2.75, 3.05) is 19.8 Å². The van der Waals surface area contributed by atoms with Gasteiger partial charge in [0.05, 0.1) is 90.9 Å². The third-order valence-electron chi connectivity index (χ3n) is 33.8. The van der Waals surface area contributed by atoms with Crippen molar-refractivity contribution in [2.24, 2.45) is 50.2 Å². The summed E-state index contributed by atoms with van der Waals surface area (Å²) in [7, 11) is -2.19. The molecule has 5 aliphatic heterocycles. The lowest BCUT2D eigenvalue weighted by molar-refractivity contribution is -0.348. The number of aliphatic hydroxyl groups is 7. The summed E-state index contributed by atoms with van der Waals surface area (Å²) in [5.74, 6) is -5.80. The monoisotopic (exact) mass is 1780 g/mol. The fourth-order valence-corrected chi connectivity index (χ4v) is 29.5. The van der Waals surface area contributed by atoms with Crippen LogP contribution >= 0.6 is 0 Å². The molecule has 2 unspecified atom stereocenters. The second-order valence-electron chi connectivity index (χ2n) is 40.9. The molecule has 0 aromatic heterocycles. The lowest BCUT2D eigenvalue weighted by Gasteiger charge is -2.68. The van der Waals surface area contributed by atoms with Gasteiger partial charge in [-0.2, -0.15) is 0 Å². The smallest absolute Gasteiger partial charge is 0.338 e. The van der Waals surface area contributed by atoms with E-state index in [9.17, 15) is 64.5 Å². The number of ether oxygens (including phenoxy) is 13.